The van der Waals surface area contributed by atoms with Crippen LogP contribution in [0.5, 0.6) is 11.5 Å². The highest BCUT2D eigenvalue weighted by atomic mass is 16.5. The van der Waals surface area contributed by atoms with Gasteiger partial charge in [-0.05, 0) is 17.7 Å². The Morgan fingerprint density at radius 2 is 1.57 bits per heavy atom. The third kappa shape index (κ3) is 4.89. The largest absolute Gasteiger partial charge is 0.493 e. The van der Waals surface area contributed by atoms with Gasteiger partial charge in [0.2, 0.25) is 5.91 Å². The minimum absolute atomic E-state index is 0.0845. The van der Waals surface area contributed by atoms with Gasteiger partial charge in [-0.25, -0.2) is 0 Å². The van der Waals surface area contributed by atoms with Crippen molar-refractivity contribution >= 4 is 11.7 Å². The molecule has 6 nitrogen and oxygen atoms in total. The van der Waals surface area contributed by atoms with Crippen LogP contribution in [0.1, 0.15) is 15.9 Å². The van der Waals surface area contributed by atoms with Gasteiger partial charge in [-0.15, -0.1) is 0 Å². The predicted octanol–water partition coefficient (Wildman–Crippen LogP) is 2.27. The van der Waals surface area contributed by atoms with Crippen LogP contribution >= 0.6 is 0 Å². The Bertz CT molecular complexity index is 815. The molecule has 1 amide bonds. The molecule has 0 spiro atoms. The molecule has 3 rings (SSSR count). The predicted molar refractivity (Wildman–Crippen MR) is 107 cm³/mol. The minimum atomic E-state index is 0.0845. The Morgan fingerprint density at radius 3 is 2.21 bits per heavy atom. The van der Waals surface area contributed by atoms with Gasteiger partial charge >= 0.3 is 0 Å². The Hall–Kier alpha value is -2.86. The number of piperazine rings is 1. The van der Waals surface area contributed by atoms with Gasteiger partial charge in [0.25, 0.3) is 0 Å². The van der Waals surface area contributed by atoms with Crippen LogP contribution in [-0.4, -0.2) is 68.4 Å². The fraction of sp³-hybridized carbons (Fsp3) is 0.364. The van der Waals surface area contributed by atoms with Crippen molar-refractivity contribution in [1.82, 2.24) is 9.80 Å². The zero-order chi connectivity index (χ0) is 19.9. The summed E-state index contributed by atoms with van der Waals surface area (Å²) in [5, 5.41) is 0. The third-order valence-corrected chi connectivity index (χ3v) is 4.99. The molecule has 0 saturated carbocycles. The second-order valence-electron chi connectivity index (χ2n) is 6.81. The molecular formula is C22H26N2O4. The van der Waals surface area contributed by atoms with Gasteiger partial charge < -0.3 is 14.4 Å². The summed E-state index contributed by atoms with van der Waals surface area (Å²) in [6, 6.07) is 14.9. The van der Waals surface area contributed by atoms with Crippen molar-refractivity contribution in [2.45, 2.75) is 6.42 Å². The number of rotatable bonds is 7. The summed E-state index contributed by atoms with van der Waals surface area (Å²) < 4.78 is 10.5. The topological polar surface area (TPSA) is 59.1 Å². The molecule has 0 unspecified atom stereocenters. The summed E-state index contributed by atoms with van der Waals surface area (Å²) in [4.78, 5) is 28.9. The molecule has 28 heavy (non-hydrogen) atoms. The molecule has 0 aliphatic carbocycles. The van der Waals surface area contributed by atoms with Gasteiger partial charge in [-0.2, -0.15) is 0 Å². The second-order valence-corrected chi connectivity index (χ2v) is 6.81. The lowest BCUT2D eigenvalue weighted by Crippen LogP contribution is -2.50. The van der Waals surface area contributed by atoms with Crippen LogP contribution in [0.25, 0.3) is 0 Å². The number of hydrogen-bond donors (Lipinski definition) is 0. The van der Waals surface area contributed by atoms with Crippen LogP contribution in [-0.2, 0) is 11.2 Å². The van der Waals surface area contributed by atoms with Crippen LogP contribution in [0.4, 0.5) is 0 Å². The van der Waals surface area contributed by atoms with Crippen molar-refractivity contribution in [2.75, 3.05) is 46.9 Å². The van der Waals surface area contributed by atoms with Crippen LogP contribution in [0.3, 0.4) is 0 Å². The van der Waals surface area contributed by atoms with E-state index in [4.69, 9.17) is 9.47 Å². The average molecular weight is 382 g/mol. The summed E-state index contributed by atoms with van der Waals surface area (Å²) in [5.41, 5.74) is 1.62. The van der Waals surface area contributed by atoms with Crippen molar-refractivity contribution in [2.24, 2.45) is 0 Å². The Labute approximate surface area is 165 Å². The average Bonchev–Trinajstić information content (AvgIpc) is 2.74. The molecule has 1 heterocycles. The van der Waals surface area contributed by atoms with Crippen molar-refractivity contribution in [3.05, 3.63) is 59.7 Å². The van der Waals surface area contributed by atoms with E-state index in [0.717, 1.165) is 11.1 Å². The second kappa shape index (κ2) is 9.37. The van der Waals surface area contributed by atoms with Gasteiger partial charge in [-0.3, -0.25) is 14.5 Å². The van der Waals surface area contributed by atoms with Crippen molar-refractivity contribution in [3.63, 3.8) is 0 Å². The summed E-state index contributed by atoms with van der Waals surface area (Å²) >= 11 is 0. The van der Waals surface area contributed by atoms with Gasteiger partial charge in [-0.1, -0.05) is 36.4 Å². The highest BCUT2D eigenvalue weighted by Crippen LogP contribution is 2.27. The molecule has 2 aromatic carbocycles. The number of nitrogens with zero attached hydrogens (tertiary/aromatic N) is 2. The number of Topliss-reactive ketones (excluding diaryl/α,β-unsaturated/α-hetero) is 1. The van der Waals surface area contributed by atoms with Crippen molar-refractivity contribution < 1.29 is 19.1 Å². The summed E-state index contributed by atoms with van der Waals surface area (Å²) in [5.74, 6) is 1.47. The first-order valence-corrected chi connectivity index (χ1v) is 9.40. The Morgan fingerprint density at radius 1 is 0.893 bits per heavy atom. The van der Waals surface area contributed by atoms with E-state index in [-0.39, 0.29) is 11.7 Å². The normalized spacial score (nSPS) is 14.6. The molecule has 2 aromatic rings. The van der Waals surface area contributed by atoms with Crippen LogP contribution in [0.15, 0.2) is 48.5 Å². The summed E-state index contributed by atoms with van der Waals surface area (Å²) in [6.07, 6.45) is 0.323. The van der Waals surface area contributed by atoms with E-state index in [1.807, 2.05) is 53.4 Å². The first-order chi connectivity index (χ1) is 13.6. The van der Waals surface area contributed by atoms with E-state index < -0.39 is 0 Å². The lowest BCUT2D eigenvalue weighted by atomic mass is 10.1. The lowest BCUT2D eigenvalue weighted by Gasteiger charge is -2.34. The third-order valence-electron chi connectivity index (χ3n) is 4.99. The molecule has 1 saturated heterocycles. The van der Waals surface area contributed by atoms with E-state index in [2.05, 4.69) is 4.90 Å². The zero-order valence-corrected chi connectivity index (χ0v) is 16.4. The maximum absolute atomic E-state index is 12.6. The van der Waals surface area contributed by atoms with Crippen LogP contribution < -0.4 is 9.47 Å². The molecule has 1 fully saturated rings. The van der Waals surface area contributed by atoms with Gasteiger partial charge in [0, 0.05) is 31.7 Å². The molecule has 0 atom stereocenters. The molecule has 6 heteroatoms. The van der Waals surface area contributed by atoms with E-state index in [1.54, 1.807) is 14.2 Å². The molecule has 148 valence electrons. The van der Waals surface area contributed by atoms with E-state index in [9.17, 15) is 9.59 Å². The fourth-order valence-corrected chi connectivity index (χ4v) is 3.35. The summed E-state index contributed by atoms with van der Waals surface area (Å²) in [6.45, 7) is 3.07. The number of benzene rings is 2. The quantitative estimate of drug-likeness (QED) is 0.688. The maximum atomic E-state index is 12.6. The van der Waals surface area contributed by atoms with Crippen LogP contribution in [0, 0.1) is 0 Å². The monoisotopic (exact) mass is 382 g/mol. The SMILES string of the molecule is COc1ccc(CC(=O)N2CCN(CC(=O)c3ccccc3)CC2)cc1OC. The lowest BCUT2D eigenvalue weighted by molar-refractivity contribution is -0.132. The molecule has 0 bridgehead atoms. The number of carbonyl (C=O) groups excluding carboxylic acids is 2. The molecule has 0 radical (unpaired) electrons. The number of hydrogen-bond acceptors (Lipinski definition) is 5. The first-order valence-electron chi connectivity index (χ1n) is 9.40. The minimum Gasteiger partial charge on any atom is -0.493 e. The molecule has 0 aromatic heterocycles. The number of carbonyl (C=O) groups is 2. The smallest absolute Gasteiger partial charge is 0.227 e. The fourth-order valence-electron chi connectivity index (χ4n) is 3.35. The number of ether oxygens (including phenoxy) is 2. The van der Waals surface area contributed by atoms with Crippen LogP contribution in [0.2, 0.25) is 0 Å². The number of ketones is 1. The standard InChI is InChI=1S/C22H26N2O4/c1-27-20-9-8-17(14-21(20)28-2)15-22(26)24-12-10-23(11-13-24)16-19(25)18-6-4-3-5-7-18/h3-9,14H,10-13,15-16H2,1-2H3. The van der Waals surface area contributed by atoms with E-state index >= 15 is 0 Å². The number of amides is 1. The molecular weight excluding hydrogens is 356 g/mol. The summed E-state index contributed by atoms with van der Waals surface area (Å²) in [7, 11) is 3.17. The highest BCUT2D eigenvalue weighted by Gasteiger charge is 2.23. The highest BCUT2D eigenvalue weighted by molar-refractivity contribution is 5.97. The molecule has 0 N–H and O–H groups in total. The van der Waals surface area contributed by atoms with Gasteiger partial charge in [0.15, 0.2) is 17.3 Å². The first kappa shape index (κ1) is 19.9. The van der Waals surface area contributed by atoms with Gasteiger partial charge in [0.05, 0.1) is 27.2 Å². The Kier molecular flexibility index (Phi) is 6.66. The van der Waals surface area contributed by atoms with E-state index in [0.29, 0.717) is 50.6 Å². The number of methoxy groups -OCH3 is 2. The maximum Gasteiger partial charge on any atom is 0.227 e. The molecule has 1 aliphatic heterocycles. The Balaban J connectivity index is 1.50. The molecule has 1 aliphatic rings. The van der Waals surface area contributed by atoms with Gasteiger partial charge in [0.1, 0.15) is 0 Å². The van der Waals surface area contributed by atoms with Crippen molar-refractivity contribution in [1.29, 1.82) is 0 Å². The van der Waals surface area contributed by atoms with E-state index in [1.165, 1.54) is 0 Å². The zero-order valence-electron chi connectivity index (χ0n) is 16.4. The van der Waals surface area contributed by atoms with Crippen molar-refractivity contribution in [3.8, 4) is 11.5 Å².